The van der Waals surface area contributed by atoms with Crippen molar-refractivity contribution < 1.29 is 13.2 Å². The summed E-state index contributed by atoms with van der Waals surface area (Å²) in [6, 6.07) is 5.41. The summed E-state index contributed by atoms with van der Waals surface area (Å²) in [7, 11) is -3.49. The molecule has 26 heavy (non-hydrogen) atoms. The van der Waals surface area contributed by atoms with Gasteiger partial charge in [0.05, 0.1) is 4.90 Å². The average molecular weight is 378 g/mol. The molecule has 2 saturated heterocycles. The number of nitrogens with one attached hydrogen (secondary N) is 2. The number of anilines is 1. The summed E-state index contributed by atoms with van der Waals surface area (Å²) in [5.74, 6) is -0.00207. The van der Waals surface area contributed by atoms with Crippen LogP contribution in [0.1, 0.15) is 24.8 Å². The molecule has 3 heterocycles. The number of fused-ring (bicyclic) bond motifs is 1. The Morgan fingerprint density at radius 2 is 1.88 bits per heavy atom. The van der Waals surface area contributed by atoms with Gasteiger partial charge in [-0.25, -0.2) is 8.42 Å². The van der Waals surface area contributed by atoms with Crippen LogP contribution < -0.4 is 10.6 Å². The van der Waals surface area contributed by atoms with E-state index in [1.807, 2.05) is 0 Å². The second kappa shape index (κ2) is 7.26. The number of nitrogens with zero attached hydrogens (tertiary/aromatic N) is 2. The number of carbonyl (C=O) groups is 1. The molecule has 7 nitrogen and oxygen atoms in total. The first-order chi connectivity index (χ1) is 12.5. The lowest BCUT2D eigenvalue weighted by atomic mass is 10.1. The van der Waals surface area contributed by atoms with Crippen molar-refractivity contribution in [1.29, 1.82) is 0 Å². The van der Waals surface area contributed by atoms with Gasteiger partial charge < -0.3 is 10.6 Å². The third-order valence-corrected chi connectivity index (χ3v) is 7.49. The molecule has 1 unspecified atom stereocenters. The van der Waals surface area contributed by atoms with Gasteiger partial charge in [0.15, 0.2) is 0 Å². The van der Waals surface area contributed by atoms with Crippen LogP contribution in [0.5, 0.6) is 0 Å². The molecule has 8 heteroatoms. The normalized spacial score (nSPS) is 25.5. The number of hydrogen-bond acceptors (Lipinski definition) is 5. The minimum absolute atomic E-state index is 0.00207. The molecule has 1 amide bonds. The summed E-state index contributed by atoms with van der Waals surface area (Å²) < 4.78 is 27.8. The Morgan fingerprint density at radius 3 is 2.69 bits per heavy atom. The van der Waals surface area contributed by atoms with Crippen molar-refractivity contribution in [2.24, 2.45) is 0 Å². The highest BCUT2D eigenvalue weighted by molar-refractivity contribution is 7.89. The number of hydrogen-bond donors (Lipinski definition) is 2. The lowest BCUT2D eigenvalue weighted by Gasteiger charge is -2.32. The van der Waals surface area contributed by atoms with Crippen LogP contribution in [-0.2, 0) is 21.2 Å². The van der Waals surface area contributed by atoms with Crippen molar-refractivity contribution in [2.45, 2.75) is 36.6 Å². The van der Waals surface area contributed by atoms with E-state index in [-0.39, 0.29) is 5.91 Å². The van der Waals surface area contributed by atoms with Crippen LogP contribution in [0, 0.1) is 0 Å². The van der Waals surface area contributed by atoms with Gasteiger partial charge in [-0.2, -0.15) is 4.31 Å². The second-order valence-corrected chi connectivity index (χ2v) is 9.25. The summed E-state index contributed by atoms with van der Waals surface area (Å²) in [6.45, 7) is 5.05. The number of benzene rings is 1. The highest BCUT2D eigenvalue weighted by Gasteiger charge is 2.35. The second-order valence-electron chi connectivity index (χ2n) is 7.31. The Balaban J connectivity index is 1.52. The van der Waals surface area contributed by atoms with Gasteiger partial charge in [0.25, 0.3) is 0 Å². The van der Waals surface area contributed by atoms with E-state index in [1.165, 1.54) is 0 Å². The number of piperazine rings is 1. The van der Waals surface area contributed by atoms with Gasteiger partial charge in [-0.3, -0.25) is 9.69 Å². The SMILES string of the molecule is O=C1CCCc2cc(S(=O)(=O)N3CCC(N4CCNCC4)C3)ccc2N1. The summed E-state index contributed by atoms with van der Waals surface area (Å²) in [6.07, 6.45) is 2.84. The van der Waals surface area contributed by atoms with Gasteiger partial charge in [0.2, 0.25) is 15.9 Å². The van der Waals surface area contributed by atoms with E-state index >= 15 is 0 Å². The topological polar surface area (TPSA) is 81.8 Å². The van der Waals surface area contributed by atoms with E-state index in [9.17, 15) is 13.2 Å². The van der Waals surface area contributed by atoms with Gasteiger partial charge in [-0.1, -0.05) is 0 Å². The van der Waals surface area contributed by atoms with Crippen LogP contribution in [-0.4, -0.2) is 68.8 Å². The first-order valence-electron chi connectivity index (χ1n) is 9.42. The molecule has 0 aromatic heterocycles. The van der Waals surface area contributed by atoms with Crippen LogP contribution in [0.15, 0.2) is 23.1 Å². The van der Waals surface area contributed by atoms with E-state index in [0.717, 1.165) is 56.7 Å². The smallest absolute Gasteiger partial charge is 0.243 e. The fourth-order valence-electron chi connectivity index (χ4n) is 4.13. The molecule has 3 aliphatic rings. The first-order valence-corrected chi connectivity index (χ1v) is 10.9. The molecule has 142 valence electrons. The summed E-state index contributed by atoms with van der Waals surface area (Å²) >= 11 is 0. The molecule has 3 aliphatic heterocycles. The van der Waals surface area contributed by atoms with Crippen molar-refractivity contribution in [2.75, 3.05) is 44.6 Å². The molecular formula is C18H26N4O3S. The number of rotatable bonds is 3. The molecule has 4 rings (SSSR count). The summed E-state index contributed by atoms with van der Waals surface area (Å²) in [4.78, 5) is 14.4. The Labute approximate surface area is 154 Å². The van der Waals surface area contributed by atoms with Crippen molar-refractivity contribution >= 4 is 21.6 Å². The Morgan fingerprint density at radius 1 is 1.08 bits per heavy atom. The lowest BCUT2D eigenvalue weighted by molar-refractivity contribution is -0.116. The number of sulfonamides is 1. The molecule has 1 aromatic rings. The van der Waals surface area contributed by atoms with Crippen LogP contribution in [0.2, 0.25) is 0 Å². The molecule has 0 saturated carbocycles. The highest BCUT2D eigenvalue weighted by Crippen LogP contribution is 2.29. The molecule has 1 atom stereocenters. The molecule has 1 aromatic carbocycles. The molecule has 0 spiro atoms. The molecular weight excluding hydrogens is 352 g/mol. The Kier molecular flexibility index (Phi) is 5.00. The fourth-order valence-corrected chi connectivity index (χ4v) is 5.68. The van der Waals surface area contributed by atoms with Crippen molar-refractivity contribution in [1.82, 2.24) is 14.5 Å². The fraction of sp³-hybridized carbons (Fsp3) is 0.611. The third kappa shape index (κ3) is 3.51. The van der Waals surface area contributed by atoms with Crippen molar-refractivity contribution in [3.63, 3.8) is 0 Å². The predicted molar refractivity (Wildman–Crippen MR) is 99.6 cm³/mol. The van der Waals surface area contributed by atoms with Gasteiger partial charge >= 0.3 is 0 Å². The van der Waals surface area contributed by atoms with Crippen LogP contribution >= 0.6 is 0 Å². The van der Waals surface area contributed by atoms with E-state index in [4.69, 9.17) is 0 Å². The Hall–Kier alpha value is -1.48. The van der Waals surface area contributed by atoms with E-state index < -0.39 is 10.0 Å². The quantitative estimate of drug-likeness (QED) is 0.806. The predicted octanol–water partition coefficient (Wildman–Crippen LogP) is 0.630. The van der Waals surface area contributed by atoms with Gasteiger partial charge in [-0.15, -0.1) is 0 Å². The third-order valence-electron chi connectivity index (χ3n) is 5.63. The van der Waals surface area contributed by atoms with Crippen LogP contribution in [0.25, 0.3) is 0 Å². The maximum Gasteiger partial charge on any atom is 0.243 e. The van der Waals surface area contributed by atoms with Gasteiger partial charge in [0.1, 0.15) is 0 Å². The van der Waals surface area contributed by atoms with Crippen molar-refractivity contribution in [3.8, 4) is 0 Å². The highest BCUT2D eigenvalue weighted by atomic mass is 32.2. The van der Waals surface area contributed by atoms with Gasteiger partial charge in [0, 0.05) is 57.4 Å². The largest absolute Gasteiger partial charge is 0.326 e. The maximum absolute atomic E-state index is 13.1. The maximum atomic E-state index is 13.1. The Bertz CT molecular complexity index is 790. The minimum Gasteiger partial charge on any atom is -0.326 e. The summed E-state index contributed by atoms with van der Waals surface area (Å²) in [5.41, 5.74) is 1.65. The zero-order valence-electron chi connectivity index (χ0n) is 14.9. The standard InChI is InChI=1S/C18H26N4O3S/c23-18-3-1-2-14-12-16(4-5-17(14)20-18)26(24,25)22-9-6-15(13-22)21-10-7-19-8-11-21/h4-5,12,15,19H,1-3,6-11,13H2,(H,20,23). The number of amides is 1. The first kappa shape index (κ1) is 17.9. The number of carbonyl (C=O) groups excluding carboxylic acids is 1. The number of aryl methyl sites for hydroxylation is 1. The van der Waals surface area contributed by atoms with Crippen LogP contribution in [0.3, 0.4) is 0 Å². The monoisotopic (exact) mass is 378 g/mol. The van der Waals surface area contributed by atoms with E-state index in [0.29, 0.717) is 30.4 Å². The van der Waals surface area contributed by atoms with E-state index in [2.05, 4.69) is 15.5 Å². The average Bonchev–Trinajstić information content (AvgIpc) is 3.07. The molecule has 0 aliphatic carbocycles. The molecule has 2 N–H and O–H groups in total. The summed E-state index contributed by atoms with van der Waals surface area (Å²) in [5, 5.41) is 6.20. The molecule has 0 radical (unpaired) electrons. The minimum atomic E-state index is -3.49. The molecule has 2 fully saturated rings. The van der Waals surface area contributed by atoms with Crippen molar-refractivity contribution in [3.05, 3.63) is 23.8 Å². The lowest BCUT2D eigenvalue weighted by Crippen LogP contribution is -2.49. The van der Waals surface area contributed by atoms with Gasteiger partial charge in [-0.05, 0) is 43.0 Å². The zero-order valence-corrected chi connectivity index (χ0v) is 15.7. The van der Waals surface area contributed by atoms with E-state index in [1.54, 1.807) is 22.5 Å². The molecule has 0 bridgehead atoms. The zero-order chi connectivity index (χ0) is 18.1. The van der Waals surface area contributed by atoms with Crippen LogP contribution in [0.4, 0.5) is 5.69 Å².